The first-order valence-electron chi connectivity index (χ1n) is 8.75. The molecular formula is C19H24FN3O2. The number of nitrogens with zero attached hydrogens (tertiary/aromatic N) is 3. The van der Waals surface area contributed by atoms with E-state index in [-0.39, 0.29) is 18.4 Å². The summed E-state index contributed by atoms with van der Waals surface area (Å²) in [7, 11) is 0. The van der Waals surface area contributed by atoms with Crippen molar-refractivity contribution in [2.45, 2.75) is 32.7 Å². The molecule has 25 heavy (non-hydrogen) atoms. The summed E-state index contributed by atoms with van der Waals surface area (Å²) in [4.78, 5) is 19.8. The number of piperidine rings is 1. The van der Waals surface area contributed by atoms with Crippen LogP contribution in [0.15, 0.2) is 24.3 Å². The number of halogens is 1. The molecule has 0 radical (unpaired) electrons. The minimum atomic E-state index is -0.782. The van der Waals surface area contributed by atoms with Gasteiger partial charge in [0.15, 0.2) is 0 Å². The fourth-order valence-electron chi connectivity index (χ4n) is 3.72. The van der Waals surface area contributed by atoms with Crippen LogP contribution in [0.4, 0.5) is 10.1 Å². The normalized spacial score (nSPS) is 15.9. The van der Waals surface area contributed by atoms with Crippen LogP contribution in [0.25, 0.3) is 10.9 Å². The van der Waals surface area contributed by atoms with Gasteiger partial charge in [-0.25, -0.2) is 4.39 Å². The minimum absolute atomic E-state index is 0.0870. The van der Waals surface area contributed by atoms with Crippen LogP contribution in [0, 0.1) is 12.7 Å². The standard InChI is InChI=1S/C19H24FN3O2/c1-3-22(12-19(24)25)15-6-8-23(9-7-15)18-10-13(2)21-17-5-4-14(20)11-16(17)18/h4-5,10-11,15H,3,6-9,12H2,1-2H3,(H,24,25). The topological polar surface area (TPSA) is 56.7 Å². The molecule has 1 fully saturated rings. The first-order valence-corrected chi connectivity index (χ1v) is 8.75. The maximum Gasteiger partial charge on any atom is 0.317 e. The number of rotatable bonds is 5. The molecule has 1 N–H and O–H groups in total. The smallest absolute Gasteiger partial charge is 0.317 e. The maximum absolute atomic E-state index is 13.7. The molecular weight excluding hydrogens is 321 g/mol. The first kappa shape index (κ1) is 17.6. The summed E-state index contributed by atoms with van der Waals surface area (Å²) < 4.78 is 13.7. The van der Waals surface area contributed by atoms with Crippen LogP contribution in [-0.2, 0) is 4.79 Å². The van der Waals surface area contributed by atoms with Gasteiger partial charge in [-0.2, -0.15) is 0 Å². The summed E-state index contributed by atoms with van der Waals surface area (Å²) in [5, 5.41) is 9.89. The van der Waals surface area contributed by atoms with Crippen molar-refractivity contribution in [3.63, 3.8) is 0 Å². The number of carboxylic acid groups (broad SMARTS) is 1. The van der Waals surface area contributed by atoms with Gasteiger partial charge >= 0.3 is 5.97 Å². The fourth-order valence-corrected chi connectivity index (χ4v) is 3.72. The lowest BCUT2D eigenvalue weighted by Crippen LogP contribution is -2.46. The van der Waals surface area contributed by atoms with Gasteiger partial charge < -0.3 is 10.0 Å². The number of likely N-dealkylation sites (N-methyl/N-ethyl adjacent to an activating group) is 1. The van der Waals surface area contributed by atoms with Crippen LogP contribution in [0.2, 0.25) is 0 Å². The third kappa shape index (κ3) is 3.90. The van der Waals surface area contributed by atoms with E-state index in [1.807, 2.05) is 24.8 Å². The molecule has 0 atom stereocenters. The number of carbonyl (C=O) groups is 1. The number of benzene rings is 1. The number of aryl methyl sites for hydroxylation is 1. The number of pyridine rings is 1. The lowest BCUT2D eigenvalue weighted by molar-refractivity contribution is -0.139. The van der Waals surface area contributed by atoms with Crippen molar-refractivity contribution in [2.75, 3.05) is 31.1 Å². The second kappa shape index (κ2) is 7.35. The van der Waals surface area contributed by atoms with Crippen molar-refractivity contribution < 1.29 is 14.3 Å². The Hall–Kier alpha value is -2.21. The van der Waals surface area contributed by atoms with Crippen molar-refractivity contribution in [3.8, 4) is 0 Å². The van der Waals surface area contributed by atoms with Crippen molar-refractivity contribution in [3.05, 3.63) is 35.8 Å². The molecule has 2 heterocycles. The fraction of sp³-hybridized carbons (Fsp3) is 0.474. The Morgan fingerprint density at radius 1 is 1.36 bits per heavy atom. The number of fused-ring (bicyclic) bond motifs is 1. The van der Waals surface area contributed by atoms with E-state index in [1.54, 1.807) is 12.1 Å². The Bertz CT molecular complexity index is 773. The summed E-state index contributed by atoms with van der Waals surface area (Å²) in [6.07, 6.45) is 1.80. The van der Waals surface area contributed by atoms with Crippen LogP contribution >= 0.6 is 0 Å². The average molecular weight is 345 g/mol. The van der Waals surface area contributed by atoms with Crippen LogP contribution in [-0.4, -0.2) is 53.2 Å². The molecule has 1 aromatic heterocycles. The van der Waals surface area contributed by atoms with E-state index in [9.17, 15) is 9.18 Å². The molecule has 3 rings (SSSR count). The highest BCUT2D eigenvalue weighted by atomic mass is 19.1. The average Bonchev–Trinajstić information content (AvgIpc) is 2.59. The van der Waals surface area contributed by atoms with E-state index < -0.39 is 5.97 Å². The van der Waals surface area contributed by atoms with Gasteiger partial charge in [-0.05, 0) is 50.6 Å². The lowest BCUT2D eigenvalue weighted by atomic mass is 10.0. The van der Waals surface area contributed by atoms with Crippen molar-refractivity contribution >= 4 is 22.6 Å². The molecule has 6 heteroatoms. The number of anilines is 1. The number of aromatic nitrogens is 1. The van der Waals surface area contributed by atoms with Crippen molar-refractivity contribution in [1.82, 2.24) is 9.88 Å². The van der Waals surface area contributed by atoms with E-state index in [0.717, 1.165) is 54.8 Å². The highest BCUT2D eigenvalue weighted by molar-refractivity contribution is 5.92. The molecule has 1 saturated heterocycles. The summed E-state index contributed by atoms with van der Waals surface area (Å²) in [6.45, 7) is 6.43. The molecule has 0 unspecified atom stereocenters. The van der Waals surface area contributed by atoms with E-state index in [2.05, 4.69) is 9.88 Å². The number of hydrogen-bond acceptors (Lipinski definition) is 4. The Morgan fingerprint density at radius 2 is 2.08 bits per heavy atom. The molecule has 0 amide bonds. The monoisotopic (exact) mass is 345 g/mol. The van der Waals surface area contributed by atoms with E-state index >= 15 is 0 Å². The van der Waals surface area contributed by atoms with Crippen LogP contribution in [0.3, 0.4) is 0 Å². The zero-order valence-electron chi connectivity index (χ0n) is 14.7. The van der Waals surface area contributed by atoms with Gasteiger partial charge in [-0.1, -0.05) is 6.92 Å². The third-order valence-electron chi connectivity index (χ3n) is 4.94. The Balaban J connectivity index is 1.80. The Labute approximate surface area is 147 Å². The summed E-state index contributed by atoms with van der Waals surface area (Å²) in [5.74, 6) is -1.04. The van der Waals surface area contributed by atoms with Crippen molar-refractivity contribution in [2.24, 2.45) is 0 Å². The third-order valence-corrected chi connectivity index (χ3v) is 4.94. The lowest BCUT2D eigenvalue weighted by Gasteiger charge is -2.39. The largest absolute Gasteiger partial charge is 0.480 e. The Morgan fingerprint density at radius 3 is 2.72 bits per heavy atom. The van der Waals surface area contributed by atoms with Crippen LogP contribution in [0.5, 0.6) is 0 Å². The number of aliphatic carboxylic acids is 1. The van der Waals surface area contributed by atoms with Gasteiger partial charge in [0, 0.05) is 35.9 Å². The SMILES string of the molecule is CCN(CC(=O)O)C1CCN(c2cc(C)nc3ccc(F)cc23)CC1. The second-order valence-electron chi connectivity index (χ2n) is 6.62. The molecule has 5 nitrogen and oxygen atoms in total. The van der Waals surface area contributed by atoms with Gasteiger partial charge in [0.05, 0.1) is 12.1 Å². The predicted octanol–water partition coefficient (Wildman–Crippen LogP) is 3.06. The highest BCUT2D eigenvalue weighted by Crippen LogP contribution is 2.30. The zero-order chi connectivity index (χ0) is 18.0. The summed E-state index contributed by atoms with van der Waals surface area (Å²) in [6, 6.07) is 7.00. The molecule has 0 spiro atoms. The summed E-state index contributed by atoms with van der Waals surface area (Å²) >= 11 is 0. The minimum Gasteiger partial charge on any atom is -0.480 e. The van der Waals surface area contributed by atoms with E-state index in [1.165, 1.54) is 6.07 Å². The summed E-state index contributed by atoms with van der Waals surface area (Å²) in [5.41, 5.74) is 2.73. The zero-order valence-corrected chi connectivity index (χ0v) is 14.7. The van der Waals surface area contributed by atoms with Gasteiger partial charge in [-0.15, -0.1) is 0 Å². The quantitative estimate of drug-likeness (QED) is 0.903. The predicted molar refractivity (Wildman–Crippen MR) is 96.6 cm³/mol. The molecule has 1 aliphatic heterocycles. The van der Waals surface area contributed by atoms with Crippen LogP contribution in [0.1, 0.15) is 25.5 Å². The molecule has 0 bridgehead atoms. The molecule has 0 aliphatic carbocycles. The van der Waals surface area contributed by atoms with Gasteiger partial charge in [-0.3, -0.25) is 14.7 Å². The second-order valence-corrected chi connectivity index (χ2v) is 6.62. The molecule has 134 valence electrons. The van der Waals surface area contributed by atoms with Gasteiger partial charge in [0.2, 0.25) is 0 Å². The number of carboxylic acids is 1. The van der Waals surface area contributed by atoms with E-state index in [0.29, 0.717) is 0 Å². The highest BCUT2D eigenvalue weighted by Gasteiger charge is 2.26. The molecule has 1 aliphatic rings. The maximum atomic E-state index is 13.7. The van der Waals surface area contributed by atoms with Gasteiger partial charge in [0.25, 0.3) is 0 Å². The first-order chi connectivity index (χ1) is 12.0. The van der Waals surface area contributed by atoms with Crippen molar-refractivity contribution in [1.29, 1.82) is 0 Å². The molecule has 0 saturated carbocycles. The molecule has 2 aromatic rings. The van der Waals surface area contributed by atoms with E-state index in [4.69, 9.17) is 5.11 Å². The number of hydrogen-bond donors (Lipinski definition) is 1. The van der Waals surface area contributed by atoms with Crippen LogP contribution < -0.4 is 4.90 Å². The molecule has 1 aromatic carbocycles. The Kier molecular flexibility index (Phi) is 5.18. The van der Waals surface area contributed by atoms with Gasteiger partial charge in [0.1, 0.15) is 5.82 Å².